The number of carbonyl (C=O) groups excluding carboxylic acids is 2. The highest BCUT2D eigenvalue weighted by molar-refractivity contribution is 6.04. The lowest BCUT2D eigenvalue weighted by molar-refractivity contribution is -0.122. The second-order valence-corrected chi connectivity index (χ2v) is 8.36. The third-order valence-electron chi connectivity index (χ3n) is 5.98. The summed E-state index contributed by atoms with van der Waals surface area (Å²) in [5.74, 6) is -0.150. The van der Waals surface area contributed by atoms with Crippen LogP contribution in [0.15, 0.2) is 59.4 Å². The first-order valence-corrected chi connectivity index (χ1v) is 11.0. The minimum atomic E-state index is -0.255. The summed E-state index contributed by atoms with van der Waals surface area (Å²) in [6.07, 6.45) is 2.14. The largest absolute Gasteiger partial charge is 0.352 e. The number of carbonyl (C=O) groups is 2. The number of hydrogen-bond acceptors (Lipinski definition) is 5. The molecular weight excluding hydrogens is 406 g/mol. The molecule has 1 aliphatic heterocycles. The van der Waals surface area contributed by atoms with Crippen LogP contribution in [0.4, 0.5) is 0 Å². The Hall–Kier alpha value is -3.52. The van der Waals surface area contributed by atoms with E-state index in [9.17, 15) is 14.4 Å². The van der Waals surface area contributed by atoms with Gasteiger partial charge in [-0.1, -0.05) is 36.4 Å². The molecule has 0 radical (unpaired) electrons. The summed E-state index contributed by atoms with van der Waals surface area (Å²) in [7, 11) is 0. The average molecular weight is 431 g/mol. The summed E-state index contributed by atoms with van der Waals surface area (Å²) in [6, 6.07) is 16.6. The fourth-order valence-corrected chi connectivity index (χ4v) is 4.05. The zero-order chi connectivity index (χ0) is 22.1. The number of hydrogen-bond donors (Lipinski definition) is 1. The van der Waals surface area contributed by atoms with Crippen LogP contribution in [-0.4, -0.2) is 70.2 Å². The van der Waals surface area contributed by atoms with Gasteiger partial charge in [0.05, 0.1) is 17.6 Å². The molecule has 0 atom stereocenters. The van der Waals surface area contributed by atoms with Crippen LogP contribution in [0.5, 0.6) is 0 Å². The smallest absolute Gasteiger partial charge is 0.279 e. The van der Waals surface area contributed by atoms with Crippen LogP contribution in [0.1, 0.15) is 23.3 Å². The number of fused-ring (bicyclic) bond motifs is 1. The maximum atomic E-state index is 13.4. The number of amides is 2. The van der Waals surface area contributed by atoms with Crippen molar-refractivity contribution in [3.8, 4) is 5.69 Å². The first-order chi connectivity index (χ1) is 15.6. The summed E-state index contributed by atoms with van der Waals surface area (Å²) in [5.41, 5.74) is 0.627. The average Bonchev–Trinajstić information content (AvgIpc) is 3.64. The molecule has 0 spiro atoms. The van der Waals surface area contributed by atoms with Crippen LogP contribution in [0.25, 0.3) is 16.5 Å². The van der Waals surface area contributed by atoms with Crippen LogP contribution >= 0.6 is 0 Å². The van der Waals surface area contributed by atoms with Crippen LogP contribution < -0.4 is 10.9 Å². The van der Waals surface area contributed by atoms with Crippen molar-refractivity contribution in [3.05, 3.63) is 70.6 Å². The number of benzene rings is 2. The summed E-state index contributed by atoms with van der Waals surface area (Å²) in [6.45, 7) is 2.63. The van der Waals surface area contributed by atoms with Crippen LogP contribution in [-0.2, 0) is 4.79 Å². The molecular formula is C24H25N5O3. The van der Waals surface area contributed by atoms with E-state index in [1.54, 1.807) is 35.2 Å². The Kier molecular flexibility index (Phi) is 5.45. The lowest BCUT2D eigenvalue weighted by atomic mass is 10.1. The van der Waals surface area contributed by atoms with E-state index in [0.717, 1.165) is 12.8 Å². The van der Waals surface area contributed by atoms with Crippen molar-refractivity contribution in [2.24, 2.45) is 0 Å². The molecule has 0 unspecified atom stereocenters. The monoisotopic (exact) mass is 431 g/mol. The molecule has 1 aliphatic carbocycles. The predicted octanol–water partition coefficient (Wildman–Crippen LogP) is 1.42. The number of para-hydroxylation sites is 1. The zero-order valence-corrected chi connectivity index (χ0v) is 17.7. The number of aromatic nitrogens is 2. The van der Waals surface area contributed by atoms with E-state index >= 15 is 0 Å². The first kappa shape index (κ1) is 20.4. The van der Waals surface area contributed by atoms with E-state index < -0.39 is 0 Å². The second kappa shape index (κ2) is 8.55. The van der Waals surface area contributed by atoms with Gasteiger partial charge in [0.1, 0.15) is 0 Å². The minimum absolute atomic E-state index is 0.0508. The molecule has 1 aromatic heterocycles. The molecule has 2 aromatic carbocycles. The van der Waals surface area contributed by atoms with Gasteiger partial charge in [-0.3, -0.25) is 19.3 Å². The van der Waals surface area contributed by atoms with Crippen molar-refractivity contribution in [3.63, 3.8) is 0 Å². The molecule has 2 fully saturated rings. The van der Waals surface area contributed by atoms with E-state index in [1.165, 1.54) is 4.68 Å². The van der Waals surface area contributed by atoms with Gasteiger partial charge in [-0.25, -0.2) is 0 Å². The predicted molar refractivity (Wildman–Crippen MR) is 121 cm³/mol. The van der Waals surface area contributed by atoms with E-state index in [0.29, 0.717) is 55.2 Å². The maximum Gasteiger partial charge on any atom is 0.279 e. The van der Waals surface area contributed by atoms with Crippen LogP contribution in [0, 0.1) is 0 Å². The molecule has 3 aromatic rings. The summed E-state index contributed by atoms with van der Waals surface area (Å²) in [5, 5.41) is 8.51. The molecule has 164 valence electrons. The fraction of sp³-hybridized carbons (Fsp3) is 0.333. The van der Waals surface area contributed by atoms with Gasteiger partial charge in [-0.2, -0.15) is 9.78 Å². The standard InChI is InChI=1S/C24H25N5O3/c30-21(25-17-10-11-17)16-27-12-14-28(15-13-27)24(32)22-19-8-4-5-9-20(19)23(31)29(26-22)18-6-2-1-3-7-18/h1-9,17H,10-16H2,(H,25,30). The molecule has 2 aliphatic rings. The molecule has 8 heteroatoms. The van der Waals surface area contributed by atoms with Gasteiger partial charge < -0.3 is 10.2 Å². The van der Waals surface area contributed by atoms with Crippen molar-refractivity contribution in [2.45, 2.75) is 18.9 Å². The SMILES string of the molecule is O=C(CN1CCN(C(=O)c2nn(-c3ccccc3)c(=O)c3ccccc23)CC1)NC1CC1. The molecule has 8 nitrogen and oxygen atoms in total. The molecule has 32 heavy (non-hydrogen) atoms. The van der Waals surface area contributed by atoms with Crippen molar-refractivity contribution in [1.29, 1.82) is 0 Å². The molecule has 2 heterocycles. The number of rotatable bonds is 5. The Balaban J connectivity index is 1.38. The number of piperazine rings is 1. The summed E-state index contributed by atoms with van der Waals surface area (Å²) in [4.78, 5) is 42.4. The highest BCUT2D eigenvalue weighted by Crippen LogP contribution is 2.19. The zero-order valence-electron chi connectivity index (χ0n) is 17.7. The minimum Gasteiger partial charge on any atom is -0.352 e. The van der Waals surface area contributed by atoms with E-state index in [1.807, 2.05) is 24.3 Å². The molecule has 2 amide bonds. The van der Waals surface area contributed by atoms with E-state index in [4.69, 9.17) is 0 Å². The normalized spacial score (nSPS) is 16.8. The Labute approximate surface area is 185 Å². The van der Waals surface area contributed by atoms with Crippen LogP contribution in [0.3, 0.4) is 0 Å². The van der Waals surface area contributed by atoms with Crippen LogP contribution in [0.2, 0.25) is 0 Å². The molecule has 1 saturated carbocycles. The number of nitrogens with zero attached hydrogens (tertiary/aromatic N) is 4. The van der Waals surface area contributed by atoms with Gasteiger partial charge in [0.25, 0.3) is 11.5 Å². The first-order valence-electron chi connectivity index (χ1n) is 11.0. The second-order valence-electron chi connectivity index (χ2n) is 8.36. The number of nitrogens with one attached hydrogen (secondary N) is 1. The van der Waals surface area contributed by atoms with Crippen molar-refractivity contribution < 1.29 is 9.59 Å². The van der Waals surface area contributed by atoms with Gasteiger partial charge in [-0.15, -0.1) is 0 Å². The lowest BCUT2D eigenvalue weighted by Gasteiger charge is -2.34. The summed E-state index contributed by atoms with van der Waals surface area (Å²) >= 11 is 0. The van der Waals surface area contributed by atoms with Gasteiger partial charge in [0, 0.05) is 37.6 Å². The molecule has 1 saturated heterocycles. The van der Waals surface area contributed by atoms with E-state index in [-0.39, 0.29) is 23.1 Å². The Morgan fingerprint density at radius 1 is 0.906 bits per heavy atom. The lowest BCUT2D eigenvalue weighted by Crippen LogP contribution is -2.51. The molecule has 0 bridgehead atoms. The molecule has 5 rings (SSSR count). The summed E-state index contributed by atoms with van der Waals surface area (Å²) < 4.78 is 1.30. The van der Waals surface area contributed by atoms with Crippen molar-refractivity contribution in [2.75, 3.05) is 32.7 Å². The Morgan fingerprint density at radius 2 is 1.56 bits per heavy atom. The Morgan fingerprint density at radius 3 is 2.25 bits per heavy atom. The highest BCUT2D eigenvalue weighted by Gasteiger charge is 2.28. The van der Waals surface area contributed by atoms with Gasteiger partial charge >= 0.3 is 0 Å². The van der Waals surface area contributed by atoms with Gasteiger partial charge in [0.15, 0.2) is 5.69 Å². The fourth-order valence-electron chi connectivity index (χ4n) is 4.05. The third-order valence-corrected chi connectivity index (χ3v) is 5.98. The quantitative estimate of drug-likeness (QED) is 0.660. The van der Waals surface area contributed by atoms with Crippen molar-refractivity contribution in [1.82, 2.24) is 24.9 Å². The van der Waals surface area contributed by atoms with Gasteiger partial charge in [0.2, 0.25) is 5.91 Å². The third kappa shape index (κ3) is 4.13. The van der Waals surface area contributed by atoms with Gasteiger partial charge in [-0.05, 0) is 31.0 Å². The maximum absolute atomic E-state index is 13.4. The topological polar surface area (TPSA) is 87.5 Å². The van der Waals surface area contributed by atoms with E-state index in [2.05, 4.69) is 15.3 Å². The van der Waals surface area contributed by atoms with Crippen molar-refractivity contribution >= 4 is 22.6 Å². The Bertz CT molecular complexity index is 1210. The highest BCUT2D eigenvalue weighted by atomic mass is 16.2. The molecule has 1 N–H and O–H groups in total.